The Kier molecular flexibility index (Phi) is 20.4. The molecule has 3 heterocycles. The molecule has 7 amide bonds. The van der Waals surface area contributed by atoms with E-state index in [1.165, 1.54) is 31.2 Å². The van der Waals surface area contributed by atoms with Gasteiger partial charge < -0.3 is 87.1 Å². The molecule has 438 valence electrons. The highest BCUT2D eigenvalue weighted by molar-refractivity contribution is 6.00. The zero-order valence-corrected chi connectivity index (χ0v) is 45.3. The van der Waals surface area contributed by atoms with Gasteiger partial charge in [-0.3, -0.25) is 33.6 Å². The van der Waals surface area contributed by atoms with E-state index in [1.807, 2.05) is 55.5 Å². The number of fused-ring (bicyclic) bond motifs is 2. The Morgan fingerprint density at radius 1 is 0.659 bits per heavy atom. The average molecular weight is 1140 g/mol. The summed E-state index contributed by atoms with van der Waals surface area (Å²) in [6.07, 6.45) is -15.9. The molecule has 3 aliphatic rings. The number of aliphatic hydroxyl groups excluding tert-OH is 8. The summed E-state index contributed by atoms with van der Waals surface area (Å²) >= 11 is 0. The van der Waals surface area contributed by atoms with Gasteiger partial charge in [0.2, 0.25) is 35.4 Å². The zero-order valence-electron chi connectivity index (χ0n) is 45.3. The zero-order chi connectivity index (χ0) is 59.7. The minimum atomic E-state index is -2.30. The largest absolute Gasteiger partial charge is 0.508 e. The molecule has 24 heteroatoms. The van der Waals surface area contributed by atoms with Crippen LogP contribution in [-0.2, 0) is 28.8 Å². The predicted octanol–water partition coefficient (Wildman–Crippen LogP) is -1.97. The monoisotopic (exact) mass is 1140 g/mol. The third kappa shape index (κ3) is 14.7. The first-order chi connectivity index (χ1) is 38.9. The van der Waals surface area contributed by atoms with Gasteiger partial charge in [0.25, 0.3) is 5.91 Å². The molecule has 82 heavy (non-hydrogen) atoms. The number of nitrogens with one attached hydrogen (secondary N) is 5. The smallest absolute Gasteiger partial charge is 0.251 e. The van der Waals surface area contributed by atoms with Crippen molar-refractivity contribution in [3.8, 4) is 34.5 Å². The number of phenolic OH excluding ortho intramolecular Hbond substituents is 1. The van der Waals surface area contributed by atoms with E-state index in [0.29, 0.717) is 12.2 Å². The minimum absolute atomic E-state index is 0.00418. The van der Waals surface area contributed by atoms with Gasteiger partial charge in [-0.1, -0.05) is 62.1 Å². The van der Waals surface area contributed by atoms with E-state index < -0.39 is 152 Å². The van der Waals surface area contributed by atoms with Crippen molar-refractivity contribution in [2.24, 2.45) is 5.92 Å². The van der Waals surface area contributed by atoms with Crippen LogP contribution in [0.5, 0.6) is 11.5 Å². The maximum absolute atomic E-state index is 14.5. The number of ether oxygens (including phenoxy) is 1. The number of hydrogen-bond donors (Lipinski definition) is 14. The Hall–Kier alpha value is -7.99. The number of aromatic hydroxyl groups is 1. The molecule has 0 bridgehead atoms. The lowest BCUT2D eigenvalue weighted by Crippen LogP contribution is -2.64. The molecule has 0 aliphatic carbocycles. The Balaban J connectivity index is 1.18. The van der Waals surface area contributed by atoms with Gasteiger partial charge in [0, 0.05) is 48.5 Å². The molecule has 4 aromatic rings. The van der Waals surface area contributed by atoms with Crippen LogP contribution in [0.15, 0.2) is 97.1 Å². The normalized spacial score (nSPS) is 27.3. The number of phenols is 1. The highest BCUT2D eigenvalue weighted by atomic mass is 16.5. The van der Waals surface area contributed by atoms with Crippen molar-refractivity contribution in [3.63, 3.8) is 0 Å². The lowest BCUT2D eigenvalue weighted by atomic mass is 9.96. The molecule has 15 atom stereocenters. The first-order valence-electron chi connectivity index (χ1n) is 26.8. The summed E-state index contributed by atoms with van der Waals surface area (Å²) in [5.41, 5.74) is 2.90. The van der Waals surface area contributed by atoms with Crippen molar-refractivity contribution in [3.05, 3.63) is 119 Å². The number of nitrogens with zero attached hydrogens (tertiary/aromatic N) is 2. The number of amides is 7. The fourth-order valence-corrected chi connectivity index (χ4v) is 9.82. The average Bonchev–Trinajstić information content (AvgIpc) is 4.22. The second-order valence-corrected chi connectivity index (χ2v) is 20.8. The van der Waals surface area contributed by atoms with Gasteiger partial charge >= 0.3 is 0 Å². The SMILES string of the molecule is CCCOc1ccc(C#Cc2ccc(-c3ccc(C(=O)N[C@H]4C[C@@H](O)[C@@H](O)NC(=O)[C@@H]5[C@@H](O)[C@@H](C)CN5C(=O)[C@H]([C@@H](C)O)NC(=O)[C@H]([C@H](O)[C@@H](O)c5ccc(O)cc5)NC(=O)[C@@H]5C[C@@H](O)CN5C(=O)[C@H]([C@@H](C)O)NC4=O)cc3)cc2)cc1. The van der Waals surface area contributed by atoms with Crippen molar-refractivity contribution < 1.29 is 84.3 Å². The maximum Gasteiger partial charge on any atom is 0.251 e. The Morgan fingerprint density at radius 2 is 1.20 bits per heavy atom. The first kappa shape index (κ1) is 61.6. The molecule has 0 radical (unpaired) electrons. The lowest BCUT2D eigenvalue weighted by Gasteiger charge is -2.34. The van der Waals surface area contributed by atoms with Crippen molar-refractivity contribution >= 4 is 41.4 Å². The number of benzene rings is 4. The van der Waals surface area contributed by atoms with Gasteiger partial charge in [0.05, 0.1) is 31.0 Å². The topological polar surface area (TPSA) is 377 Å². The van der Waals surface area contributed by atoms with Crippen LogP contribution in [-0.4, -0.2) is 196 Å². The summed E-state index contributed by atoms with van der Waals surface area (Å²) in [6.45, 7) is 5.31. The minimum Gasteiger partial charge on any atom is -0.508 e. The summed E-state index contributed by atoms with van der Waals surface area (Å²) in [6, 6.07) is 13.9. The molecular formula is C58H69N7O17. The second kappa shape index (κ2) is 27.2. The number of rotatable bonds is 11. The van der Waals surface area contributed by atoms with Gasteiger partial charge in [0.1, 0.15) is 66.1 Å². The van der Waals surface area contributed by atoms with E-state index in [0.717, 1.165) is 64.6 Å². The summed E-state index contributed by atoms with van der Waals surface area (Å²) in [5, 5.41) is 111. The van der Waals surface area contributed by atoms with E-state index in [1.54, 1.807) is 12.1 Å². The third-order valence-electron chi connectivity index (χ3n) is 14.5. The number of carbonyl (C=O) groups is 7. The highest BCUT2D eigenvalue weighted by Gasteiger charge is 2.50. The first-order valence-corrected chi connectivity index (χ1v) is 26.8. The molecule has 0 saturated carbocycles. The lowest BCUT2D eigenvalue weighted by molar-refractivity contribution is -0.148. The molecule has 7 rings (SSSR count). The molecule has 4 aromatic carbocycles. The molecule has 0 spiro atoms. The summed E-state index contributed by atoms with van der Waals surface area (Å²) in [5.74, 6) is -2.50. The third-order valence-corrected chi connectivity index (χ3v) is 14.5. The molecule has 3 saturated heterocycles. The van der Waals surface area contributed by atoms with E-state index in [9.17, 15) is 79.5 Å². The standard InChI is InChI=1S/C58H69N7O17/c1-5-24-82-40-22-10-33(11-23-40)7-6-32-8-12-34(13-9-32)35-14-16-37(17-15-35)51(74)59-41-26-43(70)54(77)63-56(79)47-48(71)29(2)27-65(47)58(81)45(31(4)67)61-55(78)46(50(73)49(72)36-18-20-38(68)21-19-36)62-53(76)42-25-39(69)28-64(42)57(80)44(30(3)66)60-52(41)75/h8-23,29-31,39,41-50,54,66-73,77H,5,24-28H2,1-4H3,(H,59,74)(H,60,75)(H,61,78)(H,62,76)(H,63,79)/t29-,30+,31+,39+,41-,42-,43+,44-,45-,46-,47-,48-,49-,50-,54+/m0/s1. The van der Waals surface area contributed by atoms with Gasteiger partial charge in [-0.15, -0.1) is 0 Å². The molecule has 3 fully saturated rings. The van der Waals surface area contributed by atoms with E-state index in [2.05, 4.69) is 38.4 Å². The van der Waals surface area contributed by atoms with E-state index >= 15 is 0 Å². The number of carbonyl (C=O) groups excluding carboxylic acids is 7. The number of aliphatic hydroxyl groups is 8. The molecular weight excluding hydrogens is 1070 g/mol. The molecule has 14 N–H and O–H groups in total. The highest BCUT2D eigenvalue weighted by Crippen LogP contribution is 2.28. The molecule has 24 nitrogen and oxygen atoms in total. The van der Waals surface area contributed by atoms with Crippen LogP contribution >= 0.6 is 0 Å². The quantitative estimate of drug-likeness (QED) is 0.0724. The van der Waals surface area contributed by atoms with Crippen molar-refractivity contribution in [2.75, 3.05) is 19.7 Å². The molecule has 0 aromatic heterocycles. The second-order valence-electron chi connectivity index (χ2n) is 20.8. The van der Waals surface area contributed by atoms with Gasteiger partial charge in [-0.2, -0.15) is 0 Å². The van der Waals surface area contributed by atoms with Gasteiger partial charge in [0.15, 0.2) is 6.23 Å². The van der Waals surface area contributed by atoms with Crippen LogP contribution in [0.3, 0.4) is 0 Å². The summed E-state index contributed by atoms with van der Waals surface area (Å²) in [7, 11) is 0. The Labute approximate surface area is 472 Å². The van der Waals surface area contributed by atoms with Crippen molar-refractivity contribution in [1.82, 2.24) is 36.4 Å². The van der Waals surface area contributed by atoms with Crippen LogP contribution in [0.25, 0.3) is 11.1 Å². The molecule has 3 aliphatic heterocycles. The Morgan fingerprint density at radius 3 is 1.77 bits per heavy atom. The van der Waals surface area contributed by atoms with Crippen LogP contribution in [0.2, 0.25) is 0 Å². The summed E-state index contributed by atoms with van der Waals surface area (Å²) < 4.78 is 5.63. The van der Waals surface area contributed by atoms with Crippen LogP contribution in [0, 0.1) is 17.8 Å². The predicted molar refractivity (Wildman–Crippen MR) is 291 cm³/mol. The summed E-state index contributed by atoms with van der Waals surface area (Å²) in [4.78, 5) is 102. The maximum atomic E-state index is 14.5. The molecule has 0 unspecified atom stereocenters. The fourth-order valence-electron chi connectivity index (χ4n) is 9.82. The van der Waals surface area contributed by atoms with E-state index in [4.69, 9.17) is 4.74 Å². The number of hydrogen-bond acceptors (Lipinski definition) is 17. The van der Waals surface area contributed by atoms with Crippen LogP contribution in [0.4, 0.5) is 0 Å². The van der Waals surface area contributed by atoms with Crippen molar-refractivity contribution in [1.29, 1.82) is 0 Å². The Bertz CT molecular complexity index is 2990. The van der Waals surface area contributed by atoms with Crippen molar-refractivity contribution in [2.45, 2.75) is 132 Å². The fraction of sp³-hybridized carbons (Fsp3) is 0.431. The van der Waals surface area contributed by atoms with Gasteiger partial charge in [-0.05, 0) is 97.6 Å². The van der Waals surface area contributed by atoms with Gasteiger partial charge in [-0.25, -0.2) is 0 Å². The van der Waals surface area contributed by atoms with E-state index in [-0.39, 0.29) is 23.4 Å². The van der Waals surface area contributed by atoms with Crippen LogP contribution < -0.4 is 31.3 Å². The van der Waals surface area contributed by atoms with Crippen LogP contribution in [0.1, 0.15) is 80.1 Å².